The maximum Gasteiger partial charge on any atom is 0.177 e. The first-order valence-electron chi connectivity index (χ1n) is 8.44. The molecule has 0 amide bonds. The number of rotatable bonds is 6. The van der Waals surface area contributed by atoms with E-state index in [0.29, 0.717) is 5.92 Å². The van der Waals surface area contributed by atoms with E-state index in [1.165, 1.54) is 0 Å². The molecule has 0 saturated heterocycles. The second-order valence-electron chi connectivity index (χ2n) is 6.19. The third-order valence-electron chi connectivity index (χ3n) is 4.50. The molecular formula is C17H21N5OS. The van der Waals surface area contributed by atoms with E-state index >= 15 is 0 Å². The smallest absolute Gasteiger partial charge is 0.177 e. The van der Waals surface area contributed by atoms with Gasteiger partial charge in [-0.25, -0.2) is 0 Å². The summed E-state index contributed by atoms with van der Waals surface area (Å²) >= 11 is 1.66. The number of hydrogen-bond acceptors (Lipinski definition) is 6. The Bertz CT molecular complexity index is 778. The molecule has 3 aromatic rings. The van der Waals surface area contributed by atoms with E-state index in [4.69, 9.17) is 4.52 Å². The van der Waals surface area contributed by atoms with Gasteiger partial charge in [0.1, 0.15) is 11.6 Å². The zero-order chi connectivity index (χ0) is 16.4. The van der Waals surface area contributed by atoms with E-state index in [0.717, 1.165) is 66.9 Å². The summed E-state index contributed by atoms with van der Waals surface area (Å²) in [6, 6.07) is 6.09. The standard InChI is InChI=1S/C17H21N5OS/c1-2-16-19-20-17-6-5-12(11-22(16)17)9-18-10-13-8-14(23-21-13)15-4-3-7-24-15/h3-4,7-8,12,18H,2,5-6,9-11H2,1H3/t12-/m1/s1. The van der Waals surface area contributed by atoms with E-state index in [1.54, 1.807) is 11.3 Å². The summed E-state index contributed by atoms with van der Waals surface area (Å²) in [5, 5.41) is 18.3. The molecule has 126 valence electrons. The highest BCUT2D eigenvalue weighted by atomic mass is 32.1. The zero-order valence-corrected chi connectivity index (χ0v) is 14.6. The van der Waals surface area contributed by atoms with E-state index in [-0.39, 0.29) is 0 Å². The first-order chi connectivity index (χ1) is 11.8. The number of nitrogens with one attached hydrogen (secondary N) is 1. The summed E-state index contributed by atoms with van der Waals surface area (Å²) in [5.74, 6) is 3.70. The van der Waals surface area contributed by atoms with Gasteiger partial charge in [0.05, 0.1) is 10.6 Å². The fraction of sp³-hybridized carbons (Fsp3) is 0.471. The fourth-order valence-corrected chi connectivity index (χ4v) is 3.89. The van der Waals surface area contributed by atoms with Gasteiger partial charge in [-0.2, -0.15) is 0 Å². The lowest BCUT2D eigenvalue weighted by molar-refractivity contribution is 0.340. The minimum absolute atomic E-state index is 0.613. The van der Waals surface area contributed by atoms with Crippen molar-refractivity contribution in [2.24, 2.45) is 5.92 Å². The van der Waals surface area contributed by atoms with Crippen LogP contribution in [0.3, 0.4) is 0 Å². The lowest BCUT2D eigenvalue weighted by Gasteiger charge is -2.24. The number of thiophene rings is 1. The molecule has 1 N–H and O–H groups in total. The molecule has 0 unspecified atom stereocenters. The van der Waals surface area contributed by atoms with Crippen molar-refractivity contribution >= 4 is 11.3 Å². The Kier molecular flexibility index (Phi) is 4.44. The molecule has 0 bridgehead atoms. The van der Waals surface area contributed by atoms with Gasteiger partial charge in [-0.1, -0.05) is 18.1 Å². The van der Waals surface area contributed by atoms with Gasteiger partial charge in [-0.05, 0) is 23.8 Å². The van der Waals surface area contributed by atoms with Gasteiger partial charge >= 0.3 is 0 Å². The summed E-state index contributed by atoms with van der Waals surface area (Å²) in [4.78, 5) is 1.12. The Labute approximate surface area is 144 Å². The van der Waals surface area contributed by atoms with Crippen LogP contribution in [0, 0.1) is 5.92 Å². The van der Waals surface area contributed by atoms with Crippen LogP contribution < -0.4 is 5.32 Å². The van der Waals surface area contributed by atoms with Crippen molar-refractivity contribution in [2.45, 2.75) is 39.3 Å². The summed E-state index contributed by atoms with van der Waals surface area (Å²) in [6.45, 7) is 4.86. The Morgan fingerprint density at radius 2 is 2.38 bits per heavy atom. The third-order valence-corrected chi connectivity index (χ3v) is 5.38. The third kappa shape index (κ3) is 3.14. The van der Waals surface area contributed by atoms with Gasteiger partial charge in [-0.3, -0.25) is 0 Å². The van der Waals surface area contributed by atoms with Crippen LogP contribution in [-0.2, 0) is 25.9 Å². The van der Waals surface area contributed by atoms with E-state index in [9.17, 15) is 0 Å². The minimum atomic E-state index is 0.613. The van der Waals surface area contributed by atoms with Crippen LogP contribution in [0.15, 0.2) is 28.1 Å². The largest absolute Gasteiger partial charge is 0.355 e. The van der Waals surface area contributed by atoms with Crippen LogP contribution in [0.5, 0.6) is 0 Å². The SMILES string of the molecule is CCc1nnc2n1C[C@@H](CNCc1cc(-c3cccs3)on1)CC2. The molecule has 0 spiro atoms. The predicted octanol–water partition coefficient (Wildman–Crippen LogP) is 2.91. The highest BCUT2D eigenvalue weighted by molar-refractivity contribution is 7.13. The topological polar surface area (TPSA) is 68.8 Å². The summed E-state index contributed by atoms with van der Waals surface area (Å²) in [7, 11) is 0. The van der Waals surface area contributed by atoms with Crippen molar-refractivity contribution in [3.63, 3.8) is 0 Å². The Morgan fingerprint density at radius 1 is 1.42 bits per heavy atom. The van der Waals surface area contributed by atoms with Gasteiger partial charge in [0.15, 0.2) is 5.76 Å². The molecule has 24 heavy (non-hydrogen) atoms. The quantitative estimate of drug-likeness (QED) is 0.745. The Morgan fingerprint density at radius 3 is 3.21 bits per heavy atom. The molecule has 1 aliphatic heterocycles. The van der Waals surface area contributed by atoms with Crippen molar-refractivity contribution in [1.82, 2.24) is 25.2 Å². The summed E-state index contributed by atoms with van der Waals surface area (Å²) in [5.41, 5.74) is 0.952. The van der Waals surface area contributed by atoms with Crippen molar-refractivity contribution in [3.8, 4) is 10.6 Å². The second-order valence-corrected chi connectivity index (χ2v) is 7.14. The lowest BCUT2D eigenvalue weighted by Crippen LogP contribution is -2.30. The van der Waals surface area contributed by atoms with Gasteiger partial charge < -0.3 is 14.4 Å². The van der Waals surface area contributed by atoms with E-state index in [1.807, 2.05) is 23.6 Å². The highest BCUT2D eigenvalue weighted by Crippen LogP contribution is 2.25. The van der Waals surface area contributed by atoms with Gasteiger partial charge in [0.2, 0.25) is 0 Å². The molecule has 1 aliphatic rings. The van der Waals surface area contributed by atoms with E-state index < -0.39 is 0 Å². The zero-order valence-electron chi connectivity index (χ0n) is 13.7. The molecule has 4 rings (SSSR count). The summed E-state index contributed by atoms with van der Waals surface area (Å²) < 4.78 is 7.71. The molecule has 0 aliphatic carbocycles. The van der Waals surface area contributed by atoms with Gasteiger partial charge in [-0.15, -0.1) is 21.5 Å². The highest BCUT2D eigenvalue weighted by Gasteiger charge is 2.22. The molecule has 7 heteroatoms. The molecule has 0 fully saturated rings. The van der Waals surface area contributed by atoms with Gasteiger partial charge in [0, 0.05) is 38.5 Å². The van der Waals surface area contributed by atoms with Crippen LogP contribution in [-0.4, -0.2) is 26.5 Å². The number of aromatic nitrogens is 4. The van der Waals surface area contributed by atoms with Crippen LogP contribution in [0.1, 0.15) is 30.7 Å². The molecule has 6 nitrogen and oxygen atoms in total. The van der Waals surface area contributed by atoms with Gasteiger partial charge in [0.25, 0.3) is 0 Å². The molecule has 0 saturated carbocycles. The summed E-state index contributed by atoms with van der Waals surface area (Å²) in [6.07, 6.45) is 3.12. The molecule has 3 aromatic heterocycles. The van der Waals surface area contributed by atoms with Crippen molar-refractivity contribution < 1.29 is 4.52 Å². The monoisotopic (exact) mass is 343 g/mol. The van der Waals surface area contributed by atoms with Crippen molar-refractivity contribution in [1.29, 1.82) is 0 Å². The van der Waals surface area contributed by atoms with Crippen molar-refractivity contribution in [3.05, 3.63) is 40.9 Å². The predicted molar refractivity (Wildman–Crippen MR) is 92.7 cm³/mol. The van der Waals surface area contributed by atoms with Crippen molar-refractivity contribution in [2.75, 3.05) is 6.54 Å². The Hall–Kier alpha value is -1.99. The molecule has 4 heterocycles. The van der Waals surface area contributed by atoms with E-state index in [2.05, 4.69) is 32.2 Å². The first kappa shape index (κ1) is 15.5. The van der Waals surface area contributed by atoms with Crippen LogP contribution in [0.2, 0.25) is 0 Å². The second kappa shape index (κ2) is 6.86. The molecule has 0 aromatic carbocycles. The van der Waals surface area contributed by atoms with Crippen LogP contribution in [0.4, 0.5) is 0 Å². The number of fused-ring (bicyclic) bond motifs is 1. The maximum absolute atomic E-state index is 5.42. The Balaban J connectivity index is 1.30. The fourth-order valence-electron chi connectivity index (χ4n) is 3.21. The molecule has 0 radical (unpaired) electrons. The number of hydrogen-bond donors (Lipinski definition) is 1. The number of aryl methyl sites for hydroxylation is 2. The van der Waals surface area contributed by atoms with Crippen LogP contribution in [0.25, 0.3) is 10.6 Å². The van der Waals surface area contributed by atoms with Crippen LogP contribution >= 0.6 is 11.3 Å². The molecular weight excluding hydrogens is 322 g/mol. The number of nitrogens with zero attached hydrogens (tertiary/aromatic N) is 4. The first-order valence-corrected chi connectivity index (χ1v) is 9.32. The average Bonchev–Trinajstić information content (AvgIpc) is 3.34. The normalized spacial score (nSPS) is 17.1. The maximum atomic E-state index is 5.42. The molecule has 1 atom stereocenters. The minimum Gasteiger partial charge on any atom is -0.355 e. The lowest BCUT2D eigenvalue weighted by atomic mass is 9.99. The average molecular weight is 343 g/mol.